The van der Waals surface area contributed by atoms with Crippen LogP contribution in [0.15, 0.2) is 38.3 Å². The van der Waals surface area contributed by atoms with Crippen LogP contribution in [-0.4, -0.2) is 15.5 Å². The van der Waals surface area contributed by atoms with Gasteiger partial charge >= 0.3 is 0 Å². The molecule has 2 rings (SSSR count). The number of rotatable bonds is 3. The van der Waals surface area contributed by atoms with Gasteiger partial charge in [0.2, 0.25) is 0 Å². The van der Waals surface area contributed by atoms with Gasteiger partial charge in [-0.15, -0.1) is 11.3 Å². The normalized spacial score (nSPS) is 11.6. The van der Waals surface area contributed by atoms with Crippen LogP contribution in [-0.2, 0) is 10.0 Å². The van der Waals surface area contributed by atoms with Crippen molar-refractivity contribution >= 4 is 43.0 Å². The van der Waals surface area contributed by atoms with Gasteiger partial charge in [0.1, 0.15) is 0 Å². The van der Waals surface area contributed by atoms with Gasteiger partial charge in [-0.25, -0.2) is 8.42 Å². The van der Waals surface area contributed by atoms with Crippen LogP contribution in [0.1, 0.15) is 11.1 Å². The Hall–Kier alpha value is -0.850. The van der Waals surface area contributed by atoms with E-state index in [2.05, 4.69) is 15.9 Å². The fraction of sp³-hybridized carbons (Fsp3) is 0.231. The Labute approximate surface area is 126 Å². The largest absolute Gasteiger partial charge is 0.274 e. The first-order valence-corrected chi connectivity index (χ1v) is 8.74. The van der Waals surface area contributed by atoms with Crippen LogP contribution in [0.25, 0.3) is 0 Å². The van der Waals surface area contributed by atoms with Gasteiger partial charge in [-0.1, -0.05) is 6.07 Å². The van der Waals surface area contributed by atoms with Crippen LogP contribution in [0.4, 0.5) is 5.69 Å². The molecule has 102 valence electrons. The summed E-state index contributed by atoms with van der Waals surface area (Å²) >= 11 is 4.49. The van der Waals surface area contributed by atoms with Gasteiger partial charge in [0.15, 0.2) is 4.21 Å². The van der Waals surface area contributed by atoms with Crippen molar-refractivity contribution in [2.24, 2.45) is 0 Å². The number of nitrogens with zero attached hydrogens (tertiary/aromatic N) is 1. The van der Waals surface area contributed by atoms with Crippen molar-refractivity contribution in [2.75, 3.05) is 11.4 Å². The lowest BCUT2D eigenvalue weighted by Gasteiger charge is -2.20. The van der Waals surface area contributed by atoms with Crippen LogP contribution in [0.2, 0.25) is 0 Å². The highest BCUT2D eigenvalue weighted by molar-refractivity contribution is 9.10. The molecule has 0 fully saturated rings. The van der Waals surface area contributed by atoms with Crippen molar-refractivity contribution in [3.8, 4) is 0 Å². The summed E-state index contributed by atoms with van der Waals surface area (Å²) in [6.45, 7) is 3.91. The standard InChI is InChI=1S/C13H14BrNO2S2/c1-9-6-10(2)8-11(7-9)15(3)19(16,17)13-12(14)4-5-18-13/h4-8H,1-3H3. The Morgan fingerprint density at radius 3 is 2.21 bits per heavy atom. The van der Waals surface area contributed by atoms with Crippen molar-refractivity contribution < 1.29 is 8.42 Å². The summed E-state index contributed by atoms with van der Waals surface area (Å²) in [5.74, 6) is 0. The van der Waals surface area contributed by atoms with Crippen molar-refractivity contribution in [1.82, 2.24) is 0 Å². The van der Waals surface area contributed by atoms with E-state index < -0.39 is 10.0 Å². The average Bonchev–Trinajstić information content (AvgIpc) is 2.73. The molecule has 2 aromatic rings. The first-order chi connectivity index (χ1) is 8.82. The lowest BCUT2D eigenvalue weighted by Crippen LogP contribution is -2.26. The van der Waals surface area contributed by atoms with Gasteiger partial charge in [0.05, 0.1) is 5.69 Å². The second kappa shape index (κ2) is 5.26. The zero-order valence-electron chi connectivity index (χ0n) is 10.8. The Kier molecular flexibility index (Phi) is 4.03. The quantitative estimate of drug-likeness (QED) is 0.831. The van der Waals surface area contributed by atoms with Gasteiger partial charge in [0, 0.05) is 11.5 Å². The summed E-state index contributed by atoms with van der Waals surface area (Å²) in [6.07, 6.45) is 0. The Balaban J connectivity index is 2.49. The molecule has 0 aliphatic heterocycles. The lowest BCUT2D eigenvalue weighted by atomic mass is 10.1. The number of hydrogen-bond acceptors (Lipinski definition) is 3. The van der Waals surface area contributed by atoms with Gasteiger partial charge < -0.3 is 0 Å². The van der Waals surface area contributed by atoms with Crippen molar-refractivity contribution in [2.45, 2.75) is 18.1 Å². The number of benzene rings is 1. The third-order valence-corrected chi connectivity index (χ3v) is 7.18. The van der Waals surface area contributed by atoms with Crippen LogP contribution >= 0.6 is 27.3 Å². The number of aryl methyl sites for hydroxylation is 2. The van der Waals surface area contributed by atoms with E-state index in [1.807, 2.05) is 32.0 Å². The fourth-order valence-electron chi connectivity index (χ4n) is 1.86. The number of sulfonamides is 1. The first kappa shape index (κ1) is 14.6. The van der Waals surface area contributed by atoms with Gasteiger partial charge in [-0.2, -0.15) is 0 Å². The maximum atomic E-state index is 12.5. The Bertz CT molecular complexity index is 687. The first-order valence-electron chi connectivity index (χ1n) is 5.62. The third kappa shape index (κ3) is 2.85. The number of halogens is 1. The van der Waals surface area contributed by atoms with Crippen molar-refractivity contribution in [3.05, 3.63) is 45.2 Å². The molecule has 0 saturated heterocycles. The predicted molar refractivity (Wildman–Crippen MR) is 83.5 cm³/mol. The summed E-state index contributed by atoms with van der Waals surface area (Å²) in [5, 5.41) is 1.76. The van der Waals surface area contributed by atoms with Crippen molar-refractivity contribution in [1.29, 1.82) is 0 Å². The monoisotopic (exact) mass is 359 g/mol. The van der Waals surface area contributed by atoms with Crippen molar-refractivity contribution in [3.63, 3.8) is 0 Å². The Morgan fingerprint density at radius 2 is 1.74 bits per heavy atom. The smallest absolute Gasteiger partial charge is 0.269 e. The molecular formula is C13H14BrNO2S2. The molecule has 1 aromatic carbocycles. The maximum Gasteiger partial charge on any atom is 0.274 e. The van der Waals surface area contributed by atoms with Crippen LogP contribution < -0.4 is 4.31 Å². The van der Waals surface area contributed by atoms with Gasteiger partial charge in [-0.05, 0) is 64.5 Å². The second-order valence-electron chi connectivity index (χ2n) is 4.37. The lowest BCUT2D eigenvalue weighted by molar-refractivity contribution is 0.596. The minimum atomic E-state index is -3.51. The van der Waals surface area contributed by atoms with E-state index in [1.54, 1.807) is 18.5 Å². The highest BCUT2D eigenvalue weighted by Crippen LogP contribution is 2.32. The minimum Gasteiger partial charge on any atom is -0.269 e. The second-order valence-corrected chi connectivity index (χ2v) is 8.31. The maximum absolute atomic E-state index is 12.5. The highest BCUT2D eigenvalue weighted by atomic mass is 79.9. The number of anilines is 1. The molecule has 0 spiro atoms. The summed E-state index contributed by atoms with van der Waals surface area (Å²) in [4.78, 5) is 0. The summed E-state index contributed by atoms with van der Waals surface area (Å²) in [7, 11) is -1.93. The van der Waals surface area contributed by atoms with E-state index in [9.17, 15) is 8.42 Å². The summed E-state index contributed by atoms with van der Waals surface area (Å²) in [6, 6.07) is 7.50. The van der Waals surface area contributed by atoms with E-state index in [4.69, 9.17) is 0 Å². The number of thiophene rings is 1. The summed E-state index contributed by atoms with van der Waals surface area (Å²) in [5.41, 5.74) is 2.77. The van der Waals surface area contributed by atoms with E-state index in [-0.39, 0.29) is 0 Å². The molecule has 3 nitrogen and oxygen atoms in total. The van der Waals surface area contributed by atoms with Crippen LogP contribution in [0, 0.1) is 13.8 Å². The van der Waals surface area contributed by atoms with E-state index in [0.29, 0.717) is 14.4 Å². The molecule has 19 heavy (non-hydrogen) atoms. The number of hydrogen-bond donors (Lipinski definition) is 0. The molecule has 0 saturated carbocycles. The molecule has 0 radical (unpaired) electrons. The van der Waals surface area contributed by atoms with Crippen LogP contribution in [0.3, 0.4) is 0 Å². The zero-order chi connectivity index (χ0) is 14.2. The summed E-state index contributed by atoms with van der Waals surface area (Å²) < 4.78 is 27.3. The molecule has 1 heterocycles. The topological polar surface area (TPSA) is 37.4 Å². The SMILES string of the molecule is Cc1cc(C)cc(N(C)S(=O)(=O)c2sccc2Br)c1. The van der Waals surface area contributed by atoms with E-state index in [0.717, 1.165) is 11.1 Å². The zero-order valence-corrected chi connectivity index (χ0v) is 14.1. The van der Waals surface area contributed by atoms with Gasteiger partial charge in [-0.3, -0.25) is 4.31 Å². The third-order valence-electron chi connectivity index (χ3n) is 2.75. The van der Waals surface area contributed by atoms with E-state index in [1.165, 1.54) is 15.6 Å². The molecule has 0 atom stereocenters. The molecular weight excluding hydrogens is 346 g/mol. The van der Waals surface area contributed by atoms with Crippen LogP contribution in [0.5, 0.6) is 0 Å². The van der Waals surface area contributed by atoms with Gasteiger partial charge in [0.25, 0.3) is 10.0 Å². The molecule has 0 unspecified atom stereocenters. The average molecular weight is 360 g/mol. The molecule has 0 aliphatic rings. The minimum absolute atomic E-state index is 0.328. The molecule has 0 N–H and O–H groups in total. The molecule has 0 amide bonds. The molecule has 6 heteroatoms. The molecule has 0 aliphatic carbocycles. The Morgan fingerprint density at radius 1 is 1.16 bits per heavy atom. The fourth-order valence-corrected chi connectivity index (χ4v) is 5.50. The highest BCUT2D eigenvalue weighted by Gasteiger charge is 2.25. The molecule has 0 bridgehead atoms. The predicted octanol–water partition coefficient (Wildman–Crippen LogP) is 3.95. The van der Waals surface area contributed by atoms with E-state index >= 15 is 0 Å². The molecule has 1 aromatic heterocycles.